The molecule has 1 N–H and O–H groups in total. The first-order chi connectivity index (χ1) is 7.76. The van der Waals surface area contributed by atoms with Crippen LogP contribution < -0.4 is 5.32 Å². The summed E-state index contributed by atoms with van der Waals surface area (Å²) in [7, 11) is 0. The second kappa shape index (κ2) is 8.08. The summed E-state index contributed by atoms with van der Waals surface area (Å²) in [5.41, 5.74) is 0. The van der Waals surface area contributed by atoms with E-state index in [2.05, 4.69) is 26.1 Å². The van der Waals surface area contributed by atoms with E-state index in [0.29, 0.717) is 12.2 Å². The Balaban J connectivity index is 2.11. The Morgan fingerprint density at radius 1 is 1.12 bits per heavy atom. The standard InChI is InChI=1S/C14H29NO/c1-4-6-12(3)16-14-9-7-13(8-10-14)15-11-5-2/h12-15H,4-11H2,1-3H3. The van der Waals surface area contributed by atoms with E-state index in [4.69, 9.17) is 4.74 Å². The van der Waals surface area contributed by atoms with Crippen molar-refractivity contribution in [1.29, 1.82) is 0 Å². The fourth-order valence-electron chi connectivity index (χ4n) is 2.55. The average Bonchev–Trinajstić information content (AvgIpc) is 2.28. The van der Waals surface area contributed by atoms with Crippen LogP contribution in [-0.4, -0.2) is 24.8 Å². The molecule has 0 amide bonds. The monoisotopic (exact) mass is 227 g/mol. The minimum absolute atomic E-state index is 0.454. The van der Waals surface area contributed by atoms with Crippen LogP contribution in [0.15, 0.2) is 0 Å². The minimum atomic E-state index is 0.454. The topological polar surface area (TPSA) is 21.3 Å². The summed E-state index contributed by atoms with van der Waals surface area (Å²) in [6, 6.07) is 0.751. The van der Waals surface area contributed by atoms with E-state index >= 15 is 0 Å². The summed E-state index contributed by atoms with van der Waals surface area (Å²) >= 11 is 0. The van der Waals surface area contributed by atoms with Gasteiger partial charge in [0.05, 0.1) is 12.2 Å². The van der Waals surface area contributed by atoms with E-state index in [1.54, 1.807) is 0 Å². The first-order valence-corrected chi connectivity index (χ1v) is 7.15. The minimum Gasteiger partial charge on any atom is -0.375 e. The van der Waals surface area contributed by atoms with Crippen molar-refractivity contribution in [3.63, 3.8) is 0 Å². The highest BCUT2D eigenvalue weighted by molar-refractivity contribution is 4.77. The van der Waals surface area contributed by atoms with Gasteiger partial charge in [-0.3, -0.25) is 0 Å². The van der Waals surface area contributed by atoms with Crippen molar-refractivity contribution in [2.45, 2.75) is 84.0 Å². The number of hydrogen-bond donors (Lipinski definition) is 1. The summed E-state index contributed by atoms with van der Waals surface area (Å²) in [5.74, 6) is 0. The van der Waals surface area contributed by atoms with Crippen molar-refractivity contribution in [3.05, 3.63) is 0 Å². The fraction of sp³-hybridized carbons (Fsp3) is 1.00. The summed E-state index contributed by atoms with van der Waals surface area (Å²) in [5, 5.41) is 3.61. The molecule has 2 nitrogen and oxygen atoms in total. The molecular formula is C14H29NO. The maximum Gasteiger partial charge on any atom is 0.0580 e. The van der Waals surface area contributed by atoms with Crippen LogP contribution in [0.2, 0.25) is 0 Å². The Kier molecular flexibility index (Phi) is 7.06. The van der Waals surface area contributed by atoms with Crippen molar-refractivity contribution in [2.24, 2.45) is 0 Å². The van der Waals surface area contributed by atoms with Gasteiger partial charge < -0.3 is 10.1 Å². The van der Waals surface area contributed by atoms with E-state index in [1.165, 1.54) is 51.5 Å². The predicted molar refractivity (Wildman–Crippen MR) is 69.8 cm³/mol. The lowest BCUT2D eigenvalue weighted by molar-refractivity contribution is -0.0282. The van der Waals surface area contributed by atoms with Crippen molar-refractivity contribution < 1.29 is 4.74 Å². The smallest absolute Gasteiger partial charge is 0.0580 e. The zero-order valence-electron chi connectivity index (χ0n) is 11.3. The van der Waals surface area contributed by atoms with Gasteiger partial charge in [0.25, 0.3) is 0 Å². The molecule has 0 aromatic carbocycles. The lowest BCUT2D eigenvalue weighted by atomic mass is 9.92. The quantitative estimate of drug-likeness (QED) is 0.718. The fourth-order valence-corrected chi connectivity index (χ4v) is 2.55. The highest BCUT2D eigenvalue weighted by Crippen LogP contribution is 2.23. The lowest BCUT2D eigenvalue weighted by Gasteiger charge is -2.31. The van der Waals surface area contributed by atoms with Gasteiger partial charge in [0.2, 0.25) is 0 Å². The third kappa shape index (κ3) is 5.31. The molecule has 1 rings (SSSR count). The van der Waals surface area contributed by atoms with Gasteiger partial charge >= 0.3 is 0 Å². The molecule has 0 spiro atoms. The Labute approximate surface area is 101 Å². The van der Waals surface area contributed by atoms with Crippen molar-refractivity contribution in [3.8, 4) is 0 Å². The second-order valence-electron chi connectivity index (χ2n) is 5.16. The molecule has 1 atom stereocenters. The third-order valence-corrected chi connectivity index (χ3v) is 3.48. The number of nitrogens with one attached hydrogen (secondary N) is 1. The molecule has 16 heavy (non-hydrogen) atoms. The summed E-state index contributed by atoms with van der Waals surface area (Å²) in [4.78, 5) is 0. The Bertz CT molecular complexity index is 164. The van der Waals surface area contributed by atoms with Crippen LogP contribution >= 0.6 is 0 Å². The Morgan fingerprint density at radius 3 is 2.38 bits per heavy atom. The number of ether oxygens (including phenoxy) is 1. The van der Waals surface area contributed by atoms with Crippen LogP contribution in [0, 0.1) is 0 Å². The van der Waals surface area contributed by atoms with Crippen molar-refractivity contribution in [1.82, 2.24) is 5.32 Å². The molecule has 1 saturated carbocycles. The lowest BCUT2D eigenvalue weighted by Crippen LogP contribution is -2.36. The zero-order valence-corrected chi connectivity index (χ0v) is 11.3. The molecule has 2 heteroatoms. The van der Waals surface area contributed by atoms with Crippen LogP contribution in [0.5, 0.6) is 0 Å². The molecule has 0 aliphatic heterocycles. The largest absolute Gasteiger partial charge is 0.375 e. The van der Waals surface area contributed by atoms with Gasteiger partial charge in [-0.05, 0) is 52.0 Å². The Morgan fingerprint density at radius 2 is 1.81 bits per heavy atom. The maximum atomic E-state index is 6.06. The molecule has 0 heterocycles. The molecule has 1 aliphatic rings. The van der Waals surface area contributed by atoms with Gasteiger partial charge in [-0.25, -0.2) is 0 Å². The first kappa shape index (κ1) is 14.0. The predicted octanol–water partition coefficient (Wildman–Crippen LogP) is 3.50. The Hall–Kier alpha value is -0.0800. The average molecular weight is 227 g/mol. The molecule has 0 bridgehead atoms. The van der Waals surface area contributed by atoms with E-state index < -0.39 is 0 Å². The van der Waals surface area contributed by atoms with Gasteiger partial charge in [0, 0.05) is 6.04 Å². The van der Waals surface area contributed by atoms with E-state index in [0.717, 1.165) is 6.04 Å². The highest BCUT2D eigenvalue weighted by atomic mass is 16.5. The van der Waals surface area contributed by atoms with Crippen LogP contribution in [0.1, 0.15) is 65.7 Å². The molecule has 1 unspecified atom stereocenters. The number of rotatable bonds is 7. The third-order valence-electron chi connectivity index (χ3n) is 3.48. The molecular weight excluding hydrogens is 198 g/mol. The van der Waals surface area contributed by atoms with Gasteiger partial charge in [-0.15, -0.1) is 0 Å². The zero-order chi connectivity index (χ0) is 11.8. The molecule has 96 valence electrons. The van der Waals surface area contributed by atoms with E-state index in [1.807, 2.05) is 0 Å². The van der Waals surface area contributed by atoms with Crippen LogP contribution in [0.3, 0.4) is 0 Å². The van der Waals surface area contributed by atoms with Crippen LogP contribution in [-0.2, 0) is 4.74 Å². The second-order valence-corrected chi connectivity index (χ2v) is 5.16. The summed E-state index contributed by atoms with van der Waals surface area (Å²) in [6.45, 7) is 7.84. The van der Waals surface area contributed by atoms with Gasteiger partial charge in [0.1, 0.15) is 0 Å². The molecule has 0 aromatic rings. The number of hydrogen-bond acceptors (Lipinski definition) is 2. The van der Waals surface area contributed by atoms with Gasteiger partial charge in [0.15, 0.2) is 0 Å². The molecule has 0 aromatic heterocycles. The van der Waals surface area contributed by atoms with Crippen molar-refractivity contribution >= 4 is 0 Å². The highest BCUT2D eigenvalue weighted by Gasteiger charge is 2.22. The molecule has 1 fully saturated rings. The molecule has 0 saturated heterocycles. The van der Waals surface area contributed by atoms with E-state index in [-0.39, 0.29) is 0 Å². The van der Waals surface area contributed by atoms with Crippen LogP contribution in [0.4, 0.5) is 0 Å². The van der Waals surface area contributed by atoms with Gasteiger partial charge in [-0.2, -0.15) is 0 Å². The molecule has 0 radical (unpaired) electrons. The molecule has 1 aliphatic carbocycles. The van der Waals surface area contributed by atoms with E-state index in [9.17, 15) is 0 Å². The van der Waals surface area contributed by atoms with Gasteiger partial charge in [-0.1, -0.05) is 20.3 Å². The summed E-state index contributed by atoms with van der Waals surface area (Å²) in [6.07, 6.45) is 9.74. The normalized spacial score (nSPS) is 27.9. The van der Waals surface area contributed by atoms with Crippen molar-refractivity contribution in [2.75, 3.05) is 6.54 Å². The maximum absolute atomic E-state index is 6.06. The first-order valence-electron chi connectivity index (χ1n) is 7.15. The SMILES string of the molecule is CCCNC1CCC(OC(C)CCC)CC1. The van der Waals surface area contributed by atoms with Crippen LogP contribution in [0.25, 0.3) is 0 Å². The summed E-state index contributed by atoms with van der Waals surface area (Å²) < 4.78 is 6.06.